The molecule has 1 aliphatic rings. The molecule has 3 aromatic rings. The zero-order valence-corrected chi connectivity index (χ0v) is 15.8. The minimum atomic E-state index is -0.357. The molecule has 2 N–H and O–H groups in total. The number of benzene rings is 2. The van der Waals surface area contributed by atoms with Crippen LogP contribution in [0.5, 0.6) is 17.2 Å². The predicted molar refractivity (Wildman–Crippen MR) is 108 cm³/mol. The third kappa shape index (κ3) is 4.37. The standard InChI is InChI=1S/C21H20N4O4/c1-2-27-17-6-4-3-5-15(17)24-20(26)16-9-10-22-21(25-16)23-14-7-8-18-19(13-14)29-12-11-28-18/h3-10,13H,2,11-12H2,1H3,(H,24,26)(H,22,23,25). The van der Waals surface area contributed by atoms with Crippen LogP contribution in [0, 0.1) is 0 Å². The maximum Gasteiger partial charge on any atom is 0.274 e. The molecule has 0 aliphatic carbocycles. The largest absolute Gasteiger partial charge is 0.492 e. The topological polar surface area (TPSA) is 94.6 Å². The predicted octanol–water partition coefficient (Wildman–Crippen LogP) is 3.64. The third-order valence-electron chi connectivity index (χ3n) is 4.12. The number of anilines is 3. The van der Waals surface area contributed by atoms with Gasteiger partial charge in [-0.05, 0) is 37.3 Å². The second-order valence-corrected chi connectivity index (χ2v) is 6.13. The molecule has 148 valence electrons. The summed E-state index contributed by atoms with van der Waals surface area (Å²) in [5, 5.41) is 5.91. The summed E-state index contributed by atoms with van der Waals surface area (Å²) >= 11 is 0. The van der Waals surface area contributed by atoms with E-state index in [-0.39, 0.29) is 11.6 Å². The number of nitrogens with one attached hydrogen (secondary N) is 2. The lowest BCUT2D eigenvalue weighted by Crippen LogP contribution is -2.16. The van der Waals surface area contributed by atoms with Gasteiger partial charge in [0.2, 0.25) is 5.95 Å². The fraction of sp³-hybridized carbons (Fsp3) is 0.190. The monoisotopic (exact) mass is 392 g/mol. The van der Waals surface area contributed by atoms with Crippen LogP contribution in [0.25, 0.3) is 0 Å². The van der Waals surface area contributed by atoms with E-state index in [0.29, 0.717) is 48.7 Å². The fourth-order valence-corrected chi connectivity index (χ4v) is 2.83. The van der Waals surface area contributed by atoms with Crippen molar-refractivity contribution in [3.63, 3.8) is 0 Å². The molecule has 29 heavy (non-hydrogen) atoms. The first kappa shape index (κ1) is 18.5. The van der Waals surface area contributed by atoms with Crippen LogP contribution in [0.2, 0.25) is 0 Å². The Labute approximate surface area is 167 Å². The Morgan fingerprint density at radius 2 is 1.93 bits per heavy atom. The van der Waals surface area contributed by atoms with E-state index in [1.54, 1.807) is 18.2 Å². The molecule has 2 heterocycles. The molecule has 0 radical (unpaired) electrons. The van der Waals surface area contributed by atoms with E-state index < -0.39 is 0 Å². The minimum Gasteiger partial charge on any atom is -0.492 e. The Hall–Kier alpha value is -3.81. The van der Waals surface area contributed by atoms with Crippen LogP contribution in [0.3, 0.4) is 0 Å². The molecule has 0 atom stereocenters. The Kier molecular flexibility index (Phi) is 5.42. The highest BCUT2D eigenvalue weighted by Gasteiger charge is 2.14. The molecular formula is C21H20N4O4. The van der Waals surface area contributed by atoms with E-state index in [9.17, 15) is 4.79 Å². The van der Waals surface area contributed by atoms with Crippen molar-refractivity contribution in [2.75, 3.05) is 30.5 Å². The van der Waals surface area contributed by atoms with E-state index in [2.05, 4.69) is 20.6 Å². The number of aromatic nitrogens is 2. The van der Waals surface area contributed by atoms with Crippen molar-refractivity contribution in [1.29, 1.82) is 0 Å². The first-order valence-electron chi connectivity index (χ1n) is 9.26. The number of hydrogen-bond donors (Lipinski definition) is 2. The van der Waals surface area contributed by atoms with Crippen molar-refractivity contribution in [2.45, 2.75) is 6.92 Å². The van der Waals surface area contributed by atoms with Crippen LogP contribution in [-0.4, -0.2) is 35.7 Å². The molecular weight excluding hydrogens is 372 g/mol. The summed E-state index contributed by atoms with van der Waals surface area (Å²) in [6.07, 6.45) is 1.52. The summed E-state index contributed by atoms with van der Waals surface area (Å²) in [6.45, 7) is 3.43. The van der Waals surface area contributed by atoms with Gasteiger partial charge in [-0.3, -0.25) is 4.79 Å². The highest BCUT2D eigenvalue weighted by atomic mass is 16.6. The van der Waals surface area contributed by atoms with E-state index in [4.69, 9.17) is 14.2 Å². The number of para-hydroxylation sites is 2. The summed E-state index contributed by atoms with van der Waals surface area (Å²) in [5.41, 5.74) is 1.54. The second-order valence-electron chi connectivity index (χ2n) is 6.13. The Bertz CT molecular complexity index is 1030. The molecule has 1 aliphatic heterocycles. The molecule has 8 heteroatoms. The van der Waals surface area contributed by atoms with Crippen molar-refractivity contribution in [3.8, 4) is 17.2 Å². The van der Waals surface area contributed by atoms with Gasteiger partial charge in [0.05, 0.1) is 12.3 Å². The van der Waals surface area contributed by atoms with Gasteiger partial charge in [0, 0.05) is 18.0 Å². The van der Waals surface area contributed by atoms with Crippen molar-refractivity contribution < 1.29 is 19.0 Å². The summed E-state index contributed by atoms with van der Waals surface area (Å²) < 4.78 is 16.6. The molecule has 0 unspecified atom stereocenters. The van der Waals surface area contributed by atoms with E-state index >= 15 is 0 Å². The van der Waals surface area contributed by atoms with Gasteiger partial charge in [0.1, 0.15) is 24.7 Å². The SMILES string of the molecule is CCOc1ccccc1NC(=O)c1ccnc(Nc2ccc3c(c2)OCCO3)n1. The van der Waals surface area contributed by atoms with Gasteiger partial charge < -0.3 is 24.8 Å². The van der Waals surface area contributed by atoms with Gasteiger partial charge >= 0.3 is 0 Å². The Morgan fingerprint density at radius 3 is 2.79 bits per heavy atom. The van der Waals surface area contributed by atoms with Gasteiger partial charge in [0.15, 0.2) is 11.5 Å². The Balaban J connectivity index is 1.49. The zero-order chi connectivity index (χ0) is 20.1. The van der Waals surface area contributed by atoms with Crippen LogP contribution in [0.1, 0.15) is 17.4 Å². The quantitative estimate of drug-likeness (QED) is 0.661. The summed E-state index contributed by atoms with van der Waals surface area (Å²) in [7, 11) is 0. The molecule has 8 nitrogen and oxygen atoms in total. The first-order chi connectivity index (χ1) is 14.2. The lowest BCUT2D eigenvalue weighted by molar-refractivity contribution is 0.102. The van der Waals surface area contributed by atoms with Crippen LogP contribution < -0.4 is 24.8 Å². The zero-order valence-electron chi connectivity index (χ0n) is 15.8. The number of amides is 1. The average molecular weight is 392 g/mol. The number of ether oxygens (including phenoxy) is 3. The van der Waals surface area contributed by atoms with E-state index in [1.807, 2.05) is 37.3 Å². The van der Waals surface area contributed by atoms with Crippen molar-refractivity contribution in [1.82, 2.24) is 9.97 Å². The number of fused-ring (bicyclic) bond motifs is 1. The first-order valence-corrected chi connectivity index (χ1v) is 9.26. The molecule has 0 fully saturated rings. The molecule has 4 rings (SSSR count). The van der Waals surface area contributed by atoms with Crippen LogP contribution in [0.4, 0.5) is 17.3 Å². The molecule has 1 amide bonds. The number of hydrogen-bond acceptors (Lipinski definition) is 7. The Morgan fingerprint density at radius 1 is 1.10 bits per heavy atom. The van der Waals surface area contributed by atoms with Crippen LogP contribution >= 0.6 is 0 Å². The number of carbonyl (C=O) groups excluding carboxylic acids is 1. The number of carbonyl (C=O) groups is 1. The van der Waals surface area contributed by atoms with Crippen molar-refractivity contribution in [2.24, 2.45) is 0 Å². The fourth-order valence-electron chi connectivity index (χ4n) is 2.83. The van der Waals surface area contributed by atoms with Gasteiger partial charge in [-0.2, -0.15) is 0 Å². The normalized spacial score (nSPS) is 12.2. The average Bonchev–Trinajstić information content (AvgIpc) is 2.75. The van der Waals surface area contributed by atoms with Crippen molar-refractivity contribution >= 4 is 23.2 Å². The van der Waals surface area contributed by atoms with E-state index in [0.717, 1.165) is 5.69 Å². The molecule has 0 spiro atoms. The van der Waals surface area contributed by atoms with Crippen LogP contribution in [0.15, 0.2) is 54.7 Å². The smallest absolute Gasteiger partial charge is 0.274 e. The highest BCUT2D eigenvalue weighted by Crippen LogP contribution is 2.33. The second kappa shape index (κ2) is 8.47. The minimum absolute atomic E-state index is 0.228. The maximum absolute atomic E-state index is 12.6. The third-order valence-corrected chi connectivity index (χ3v) is 4.12. The number of nitrogens with zero attached hydrogens (tertiary/aromatic N) is 2. The highest BCUT2D eigenvalue weighted by molar-refractivity contribution is 6.03. The maximum atomic E-state index is 12.6. The number of rotatable bonds is 6. The van der Waals surface area contributed by atoms with Crippen molar-refractivity contribution in [3.05, 3.63) is 60.4 Å². The van der Waals surface area contributed by atoms with E-state index in [1.165, 1.54) is 6.20 Å². The van der Waals surface area contributed by atoms with Gasteiger partial charge in [0.25, 0.3) is 5.91 Å². The molecule has 1 aromatic heterocycles. The van der Waals surface area contributed by atoms with Gasteiger partial charge in [-0.25, -0.2) is 9.97 Å². The molecule has 2 aromatic carbocycles. The molecule has 0 bridgehead atoms. The lowest BCUT2D eigenvalue weighted by Gasteiger charge is -2.19. The van der Waals surface area contributed by atoms with Gasteiger partial charge in [-0.15, -0.1) is 0 Å². The van der Waals surface area contributed by atoms with Crippen LogP contribution in [-0.2, 0) is 0 Å². The summed E-state index contributed by atoms with van der Waals surface area (Å²) in [5.74, 6) is 1.90. The lowest BCUT2D eigenvalue weighted by atomic mass is 10.2. The molecule has 0 saturated carbocycles. The molecule has 0 saturated heterocycles. The van der Waals surface area contributed by atoms with Gasteiger partial charge in [-0.1, -0.05) is 12.1 Å². The summed E-state index contributed by atoms with van der Waals surface area (Å²) in [4.78, 5) is 21.1. The summed E-state index contributed by atoms with van der Waals surface area (Å²) in [6, 6.07) is 14.3.